The zero-order valence-electron chi connectivity index (χ0n) is 14.2. The van der Waals surface area contributed by atoms with Gasteiger partial charge in [0.2, 0.25) is 0 Å². The minimum atomic E-state index is -3.13. The fraction of sp³-hybridized carbons (Fsp3) is 0.0526. The van der Waals surface area contributed by atoms with Crippen molar-refractivity contribution in [1.82, 2.24) is 0 Å². The van der Waals surface area contributed by atoms with Gasteiger partial charge < -0.3 is 0 Å². The summed E-state index contributed by atoms with van der Waals surface area (Å²) in [5, 5.41) is 2.74. The van der Waals surface area contributed by atoms with E-state index in [0.717, 1.165) is 15.9 Å². The number of rotatable bonds is 3. The van der Waals surface area contributed by atoms with E-state index in [1.54, 1.807) is 0 Å². The van der Waals surface area contributed by atoms with E-state index in [1.165, 1.54) is 0 Å². The average molecular weight is 281 g/mol. The van der Waals surface area contributed by atoms with Gasteiger partial charge in [-0.3, -0.25) is 0 Å². The summed E-state index contributed by atoms with van der Waals surface area (Å²) >= 11 is 0. The van der Waals surface area contributed by atoms with Crippen molar-refractivity contribution in [2.24, 2.45) is 0 Å². The molecule has 0 aliphatic rings. The van der Waals surface area contributed by atoms with E-state index in [-0.39, 0.29) is 0 Å². The summed E-state index contributed by atoms with van der Waals surface area (Å²) in [6.07, 6.45) is 0. The van der Waals surface area contributed by atoms with Gasteiger partial charge in [-0.2, -0.15) is 0 Å². The fourth-order valence-corrected chi connectivity index (χ4v) is 5.64. The van der Waals surface area contributed by atoms with Crippen molar-refractivity contribution in [2.45, 2.75) is 0 Å². The van der Waals surface area contributed by atoms with Crippen LogP contribution in [0.2, 0.25) is 0 Å². The van der Waals surface area contributed by atoms with E-state index in [0.29, 0.717) is 0 Å². The zero-order chi connectivity index (χ0) is 16.3. The maximum atomic E-state index is 8.44. The molecule has 3 aromatic carbocycles. The molecule has 0 saturated heterocycles. The van der Waals surface area contributed by atoms with Gasteiger partial charge in [-0.05, 0) is 0 Å². The van der Waals surface area contributed by atoms with Gasteiger partial charge in [0.05, 0.1) is 0 Å². The predicted octanol–water partition coefficient (Wildman–Crippen LogP) is 3.34. The first-order valence-corrected chi connectivity index (χ1v) is 8.73. The van der Waals surface area contributed by atoms with Crippen LogP contribution in [0.15, 0.2) is 91.0 Å². The molecule has 0 atom stereocenters. The van der Waals surface area contributed by atoms with Crippen molar-refractivity contribution in [3.63, 3.8) is 0 Å². The van der Waals surface area contributed by atoms with Gasteiger partial charge in [0.15, 0.2) is 0 Å². The molecule has 0 spiro atoms. The molecule has 20 heavy (non-hydrogen) atoms. The molecule has 3 rings (SSSR count). The second-order valence-electron chi connectivity index (χ2n) is 4.85. The fourth-order valence-electron chi connectivity index (χ4n) is 2.56. The number of benzene rings is 3. The standard InChI is InChI=1S/C19H19P/c1-20(17-11-5-2-6-12-17,18-13-7-3-8-14-18)19-15-9-4-10-16-19/h2-16,20H,1H3/i1D3. The molecule has 0 aromatic heterocycles. The van der Waals surface area contributed by atoms with Crippen LogP contribution in [0.3, 0.4) is 0 Å². The van der Waals surface area contributed by atoms with Crippen molar-refractivity contribution in [2.75, 3.05) is 6.59 Å². The Hall–Kier alpha value is -1.91. The van der Waals surface area contributed by atoms with Crippen molar-refractivity contribution < 1.29 is 4.11 Å². The normalized spacial score (nSPS) is 14.9. The molecule has 0 aliphatic carbocycles. The molecule has 0 N–H and O–H groups in total. The maximum absolute atomic E-state index is 8.44. The summed E-state index contributed by atoms with van der Waals surface area (Å²) in [6.45, 7) is -2.09. The van der Waals surface area contributed by atoms with Gasteiger partial charge in [-0.25, -0.2) is 0 Å². The van der Waals surface area contributed by atoms with E-state index in [2.05, 4.69) is 0 Å². The Kier molecular flexibility index (Phi) is 2.78. The third kappa shape index (κ3) is 2.28. The predicted molar refractivity (Wildman–Crippen MR) is 92.5 cm³/mol. The SMILES string of the molecule is [2H]C([2H])([2H])[PH](c1ccccc1)(c1ccccc1)c1ccccc1. The summed E-state index contributed by atoms with van der Waals surface area (Å²) in [7, 11) is -3.13. The van der Waals surface area contributed by atoms with Gasteiger partial charge in [0.1, 0.15) is 0 Å². The molecule has 0 fully saturated rings. The molecule has 0 bridgehead atoms. The molecule has 100 valence electrons. The van der Waals surface area contributed by atoms with Crippen molar-refractivity contribution >= 4 is 23.2 Å². The second kappa shape index (κ2) is 5.61. The summed E-state index contributed by atoms with van der Waals surface area (Å²) < 4.78 is 25.3. The summed E-state index contributed by atoms with van der Waals surface area (Å²) in [5.41, 5.74) is 0. The Morgan fingerprint density at radius 3 is 1.10 bits per heavy atom. The molecular formula is C19H19P. The molecule has 3 aromatic rings. The van der Waals surface area contributed by atoms with Gasteiger partial charge in [0.25, 0.3) is 0 Å². The first-order chi connectivity index (χ1) is 11.1. The van der Waals surface area contributed by atoms with Gasteiger partial charge >= 0.3 is 125 Å². The van der Waals surface area contributed by atoms with Crippen LogP contribution in [0.25, 0.3) is 0 Å². The van der Waals surface area contributed by atoms with Crippen LogP contribution in [0, 0.1) is 0 Å². The monoisotopic (exact) mass is 281 g/mol. The summed E-state index contributed by atoms with van der Waals surface area (Å²) in [6, 6.07) is 29.1. The quantitative estimate of drug-likeness (QED) is 0.646. The Bertz CT molecular complexity index is 656. The zero-order valence-corrected chi connectivity index (χ0v) is 12.2. The van der Waals surface area contributed by atoms with E-state index >= 15 is 0 Å². The molecule has 0 aliphatic heterocycles. The molecular weight excluding hydrogens is 259 g/mol. The Morgan fingerprint density at radius 1 is 0.550 bits per heavy atom. The van der Waals surface area contributed by atoms with Crippen molar-refractivity contribution in [3.8, 4) is 0 Å². The van der Waals surface area contributed by atoms with Crippen LogP contribution in [-0.2, 0) is 0 Å². The molecule has 0 heterocycles. The van der Waals surface area contributed by atoms with Gasteiger partial charge in [-0.1, -0.05) is 0 Å². The molecule has 1 heteroatoms. The van der Waals surface area contributed by atoms with Crippen LogP contribution in [0.1, 0.15) is 4.11 Å². The van der Waals surface area contributed by atoms with Crippen LogP contribution >= 0.6 is 7.26 Å². The third-order valence-electron chi connectivity index (χ3n) is 3.62. The Balaban J connectivity index is 2.41. The van der Waals surface area contributed by atoms with Gasteiger partial charge in [-0.15, -0.1) is 0 Å². The van der Waals surface area contributed by atoms with Crippen LogP contribution < -0.4 is 15.9 Å². The average Bonchev–Trinajstić information content (AvgIpc) is 2.57. The second-order valence-corrected chi connectivity index (χ2v) is 8.08. The van der Waals surface area contributed by atoms with E-state index < -0.39 is 13.9 Å². The van der Waals surface area contributed by atoms with E-state index in [1.807, 2.05) is 91.0 Å². The molecule has 0 amide bonds. The van der Waals surface area contributed by atoms with Crippen molar-refractivity contribution in [3.05, 3.63) is 91.0 Å². The van der Waals surface area contributed by atoms with Crippen LogP contribution in [-0.4, -0.2) is 6.59 Å². The summed E-state index contributed by atoms with van der Waals surface area (Å²) in [4.78, 5) is 0. The van der Waals surface area contributed by atoms with Gasteiger partial charge in [0, 0.05) is 0 Å². The van der Waals surface area contributed by atoms with E-state index in [4.69, 9.17) is 4.11 Å². The summed E-state index contributed by atoms with van der Waals surface area (Å²) in [5.74, 6) is 0. The first-order valence-electron chi connectivity index (χ1n) is 8.23. The van der Waals surface area contributed by atoms with Crippen LogP contribution in [0.4, 0.5) is 0 Å². The molecule has 0 unspecified atom stereocenters. The number of hydrogen-bond donors (Lipinski definition) is 0. The van der Waals surface area contributed by atoms with Crippen molar-refractivity contribution in [1.29, 1.82) is 0 Å². The van der Waals surface area contributed by atoms with E-state index in [9.17, 15) is 0 Å². The molecule has 0 nitrogen and oxygen atoms in total. The minimum absolute atomic E-state index is 0.914. The number of hydrogen-bond acceptors (Lipinski definition) is 0. The molecule has 0 radical (unpaired) electrons. The Morgan fingerprint density at radius 2 is 0.850 bits per heavy atom. The molecule has 0 saturated carbocycles. The Labute approximate surface area is 125 Å². The van der Waals surface area contributed by atoms with Crippen LogP contribution in [0.5, 0.6) is 0 Å². The topological polar surface area (TPSA) is 0 Å². The first kappa shape index (κ1) is 9.91. The third-order valence-corrected chi connectivity index (χ3v) is 7.22.